The molecule has 0 N–H and O–H groups in total. The van der Waals surface area contributed by atoms with E-state index in [9.17, 15) is 4.79 Å². The number of hydrogen-bond donors (Lipinski definition) is 0. The van der Waals surface area contributed by atoms with E-state index in [-0.39, 0.29) is 11.3 Å². The van der Waals surface area contributed by atoms with Crippen LogP contribution < -0.4 is 0 Å². The fraction of sp³-hybridized carbons (Fsp3) is 0.875. The lowest BCUT2D eigenvalue weighted by atomic mass is 9.48. The summed E-state index contributed by atoms with van der Waals surface area (Å²) in [6.07, 6.45) is 2.06. The molecule has 5 heteroatoms. The first-order chi connectivity index (χ1) is 5.92. The summed E-state index contributed by atoms with van der Waals surface area (Å²) in [4.78, 5) is 10.6. The van der Waals surface area contributed by atoms with Crippen molar-refractivity contribution in [3.63, 3.8) is 0 Å². The van der Waals surface area contributed by atoms with Crippen molar-refractivity contribution in [3.05, 3.63) is 0 Å². The van der Waals surface area contributed by atoms with Crippen LogP contribution in [0.5, 0.6) is 0 Å². The highest BCUT2D eigenvalue weighted by atomic mass is 16.5. The van der Waals surface area contributed by atoms with Gasteiger partial charge in [-0.25, -0.2) is 0 Å². The molecule has 0 aliphatic rings. The maximum Gasteiger partial charge on any atom is 0.268 e. The van der Waals surface area contributed by atoms with Crippen LogP contribution in [0.1, 0.15) is 27.7 Å². The number of rotatable bonds is 6. The van der Waals surface area contributed by atoms with Crippen molar-refractivity contribution in [2.45, 2.75) is 45.7 Å². The second kappa shape index (κ2) is 6.30. The molecule has 0 aromatic carbocycles. The molecule has 0 aromatic rings. The van der Waals surface area contributed by atoms with Crippen molar-refractivity contribution in [1.29, 1.82) is 0 Å². The second-order valence-corrected chi connectivity index (χ2v) is 4.47. The molecule has 0 saturated carbocycles. The lowest BCUT2D eigenvalue weighted by Crippen LogP contribution is -2.22. The average Bonchev–Trinajstić information content (AvgIpc) is 1.93. The molecule has 0 unspecified atom stereocenters. The van der Waals surface area contributed by atoms with E-state index >= 15 is 0 Å². The highest BCUT2D eigenvalue weighted by Crippen LogP contribution is 2.05. The van der Waals surface area contributed by atoms with Gasteiger partial charge in [0.1, 0.15) is 7.28 Å². The van der Waals surface area contributed by atoms with Gasteiger partial charge in [0.05, 0.1) is 5.68 Å². The van der Waals surface area contributed by atoms with Crippen LogP contribution in [0, 0.1) is 0 Å². The topological polar surface area (TPSA) is 26.3 Å². The Kier molecular flexibility index (Phi) is 6.22. The molecule has 0 rings (SSSR count). The molecule has 0 spiro atoms. The Morgan fingerprint density at radius 2 is 1.92 bits per heavy atom. The summed E-state index contributed by atoms with van der Waals surface area (Å²) in [5, 5.41) is 0. The lowest BCUT2D eigenvalue weighted by molar-refractivity contribution is -0.110. The number of carbonyl (C=O) groups excluding carboxylic acids is 1. The molecule has 2 nitrogen and oxygen atoms in total. The monoisotopic (exact) mass is 180 g/mol. The first-order valence-electron chi connectivity index (χ1n) is 5.05. The maximum atomic E-state index is 10.6. The van der Waals surface area contributed by atoms with Gasteiger partial charge >= 0.3 is 0 Å². The molecule has 0 amide bonds. The average molecular weight is 180 g/mol. The van der Waals surface area contributed by atoms with Gasteiger partial charge in [0, 0.05) is 5.60 Å². The van der Waals surface area contributed by atoms with Gasteiger partial charge in [-0.3, -0.25) is 0 Å². The zero-order valence-corrected chi connectivity index (χ0v) is 9.35. The molecule has 0 aliphatic carbocycles. The van der Waals surface area contributed by atoms with Crippen molar-refractivity contribution in [2.75, 3.05) is 0 Å². The highest BCUT2D eigenvalue weighted by Gasteiger charge is 2.09. The smallest absolute Gasteiger partial charge is 0.268 e. The van der Waals surface area contributed by atoms with Crippen LogP contribution in [-0.4, -0.2) is 33.3 Å². The molecule has 72 valence electrons. The largest absolute Gasteiger partial charge is 0.436 e. The highest BCUT2D eigenvalue weighted by molar-refractivity contribution is 6.80. The summed E-state index contributed by atoms with van der Waals surface area (Å²) in [7, 11) is 2.62. The van der Waals surface area contributed by atoms with Crippen LogP contribution in [0.4, 0.5) is 0 Å². The van der Waals surface area contributed by atoms with Gasteiger partial charge in [-0.15, -0.1) is 0 Å². The lowest BCUT2D eigenvalue weighted by Gasteiger charge is -2.19. The molecule has 0 fully saturated rings. The molecule has 0 bridgehead atoms. The summed E-state index contributed by atoms with van der Waals surface area (Å²) in [5.41, 5.74) is 0.261. The van der Waals surface area contributed by atoms with E-state index < -0.39 is 0 Å². The van der Waals surface area contributed by atoms with E-state index in [1.165, 1.54) is 0 Å². The predicted molar refractivity (Wildman–Crippen MR) is 62.6 cm³/mol. The minimum atomic E-state index is -0.0272. The van der Waals surface area contributed by atoms with E-state index in [4.69, 9.17) is 4.65 Å². The zero-order chi connectivity index (χ0) is 10.3. The van der Waals surface area contributed by atoms with Gasteiger partial charge in [0.15, 0.2) is 7.28 Å². The van der Waals surface area contributed by atoms with E-state index in [0.717, 1.165) is 34.5 Å². The van der Waals surface area contributed by atoms with Crippen LogP contribution in [0.25, 0.3) is 0 Å². The minimum Gasteiger partial charge on any atom is -0.436 e. The quantitative estimate of drug-likeness (QED) is 0.434. The van der Waals surface area contributed by atoms with Crippen molar-refractivity contribution in [1.82, 2.24) is 0 Å². The van der Waals surface area contributed by atoms with E-state index in [2.05, 4.69) is 20.8 Å². The third kappa shape index (κ3) is 11.8. The number of hydrogen-bond acceptors (Lipinski definition) is 2. The van der Waals surface area contributed by atoms with Crippen LogP contribution >= 0.6 is 0 Å². The van der Waals surface area contributed by atoms with E-state index in [1.54, 1.807) is 6.92 Å². The minimum absolute atomic E-state index is 0.0272. The normalized spacial score (nSPS) is 10.8. The Morgan fingerprint density at radius 3 is 2.38 bits per heavy atom. The maximum absolute atomic E-state index is 10.6. The van der Waals surface area contributed by atoms with Crippen molar-refractivity contribution < 1.29 is 9.45 Å². The van der Waals surface area contributed by atoms with E-state index in [0.29, 0.717) is 0 Å². The molecule has 0 saturated heterocycles. The van der Waals surface area contributed by atoms with Crippen molar-refractivity contribution in [3.8, 4) is 0 Å². The third-order valence-electron chi connectivity index (χ3n) is 1.71. The Balaban J connectivity index is 3.13. The summed E-state index contributed by atoms with van der Waals surface area (Å²) in [6, 6.07) is 0. The molecular formula is C8H19B3O2. The molecule has 0 radical (unpaired) electrons. The SMILES string of the molecule is CC(=O)BCBCBOC(C)(C)C. The molecular weight excluding hydrogens is 161 g/mol. The van der Waals surface area contributed by atoms with Crippen LogP contribution in [0.2, 0.25) is 12.4 Å². The first kappa shape index (κ1) is 12.8. The number of carbonyl (C=O) groups is 1. The summed E-state index contributed by atoms with van der Waals surface area (Å²) >= 11 is 0. The second-order valence-electron chi connectivity index (χ2n) is 4.47. The predicted octanol–water partition coefficient (Wildman–Crippen LogP) is 0.324. The zero-order valence-electron chi connectivity index (χ0n) is 9.35. The van der Waals surface area contributed by atoms with Crippen molar-refractivity contribution in [2.24, 2.45) is 0 Å². The van der Waals surface area contributed by atoms with Crippen molar-refractivity contribution >= 4 is 27.7 Å². The summed E-state index contributed by atoms with van der Waals surface area (Å²) < 4.78 is 5.55. The molecule has 0 aliphatic heterocycles. The van der Waals surface area contributed by atoms with Gasteiger partial charge < -0.3 is 9.45 Å². The van der Waals surface area contributed by atoms with Crippen LogP contribution in [0.15, 0.2) is 0 Å². The fourth-order valence-corrected chi connectivity index (χ4v) is 1.03. The summed E-state index contributed by atoms with van der Waals surface area (Å²) in [5.74, 6) is 0. The van der Waals surface area contributed by atoms with Gasteiger partial charge in [0.25, 0.3) is 7.48 Å². The molecule has 0 heterocycles. The first-order valence-corrected chi connectivity index (χ1v) is 5.05. The van der Waals surface area contributed by atoms with Gasteiger partial charge in [-0.05, 0) is 27.7 Å². The Labute approximate surface area is 83.6 Å². The fourth-order valence-electron chi connectivity index (χ4n) is 1.03. The summed E-state index contributed by atoms with van der Waals surface area (Å²) in [6.45, 7) is 7.82. The van der Waals surface area contributed by atoms with Crippen LogP contribution in [-0.2, 0) is 9.45 Å². The third-order valence-corrected chi connectivity index (χ3v) is 1.71. The molecule has 13 heavy (non-hydrogen) atoms. The standard InChI is InChI=1S/C8H19B3O2/c1-7(12)10-5-9-6-11-13-8(2,3)4/h9-11H,5-6H2,1-4H3. The molecule has 0 aromatic heterocycles. The molecule has 0 atom stereocenters. The van der Waals surface area contributed by atoms with E-state index in [1.807, 2.05) is 0 Å². The van der Waals surface area contributed by atoms with Gasteiger partial charge in [0.2, 0.25) is 0 Å². The Morgan fingerprint density at radius 1 is 1.31 bits per heavy atom. The van der Waals surface area contributed by atoms with Crippen LogP contribution in [0.3, 0.4) is 0 Å². The Bertz CT molecular complexity index is 154. The van der Waals surface area contributed by atoms with Gasteiger partial charge in [-0.2, -0.15) is 0 Å². The Hall–Kier alpha value is -0.175. The van der Waals surface area contributed by atoms with Gasteiger partial charge in [-0.1, -0.05) is 12.4 Å².